The van der Waals surface area contributed by atoms with E-state index in [0.29, 0.717) is 19.0 Å². The Kier molecular flexibility index (Phi) is 2.90. The summed E-state index contributed by atoms with van der Waals surface area (Å²) in [6.07, 6.45) is 1.00. The zero-order valence-electron chi connectivity index (χ0n) is 8.64. The molecule has 0 spiro atoms. The standard InChI is InChI=1S/C10H14N2O2S/c1-7-6-15-9(11-7)8-2-4-12(5-3-8)10(13)14/h6,8H,2-5H2,1H3,(H,13,14). The smallest absolute Gasteiger partial charge is 0.407 e. The van der Waals surface area contributed by atoms with Gasteiger partial charge in [0.1, 0.15) is 0 Å². The van der Waals surface area contributed by atoms with E-state index in [2.05, 4.69) is 10.4 Å². The van der Waals surface area contributed by atoms with E-state index in [1.165, 1.54) is 4.90 Å². The van der Waals surface area contributed by atoms with Gasteiger partial charge in [-0.2, -0.15) is 0 Å². The first-order valence-corrected chi connectivity index (χ1v) is 5.94. The first-order chi connectivity index (χ1) is 7.16. The predicted octanol–water partition coefficient (Wildman–Crippen LogP) is 2.31. The van der Waals surface area contributed by atoms with Crippen LogP contribution in [0.25, 0.3) is 0 Å². The molecule has 2 heterocycles. The average Bonchev–Trinajstić information content (AvgIpc) is 2.65. The fourth-order valence-electron chi connectivity index (χ4n) is 1.88. The largest absolute Gasteiger partial charge is 0.465 e. The van der Waals surface area contributed by atoms with Gasteiger partial charge in [-0.3, -0.25) is 0 Å². The molecule has 1 aromatic heterocycles. The molecule has 15 heavy (non-hydrogen) atoms. The Bertz CT molecular complexity index is 356. The molecule has 1 fully saturated rings. The quantitative estimate of drug-likeness (QED) is 0.799. The van der Waals surface area contributed by atoms with Gasteiger partial charge in [-0.15, -0.1) is 11.3 Å². The van der Waals surface area contributed by atoms with Crippen molar-refractivity contribution in [1.29, 1.82) is 0 Å². The second-order valence-corrected chi connectivity index (χ2v) is 4.76. The lowest BCUT2D eigenvalue weighted by Gasteiger charge is -2.28. The Balaban J connectivity index is 1.96. The van der Waals surface area contributed by atoms with Crippen LogP contribution in [-0.4, -0.2) is 34.2 Å². The molecule has 0 radical (unpaired) electrons. The van der Waals surface area contributed by atoms with Crippen LogP contribution in [0.4, 0.5) is 4.79 Å². The summed E-state index contributed by atoms with van der Waals surface area (Å²) < 4.78 is 0. The summed E-state index contributed by atoms with van der Waals surface area (Å²) in [7, 11) is 0. The van der Waals surface area contributed by atoms with Crippen LogP contribution in [0.5, 0.6) is 0 Å². The van der Waals surface area contributed by atoms with E-state index in [-0.39, 0.29) is 0 Å². The maximum atomic E-state index is 10.7. The van der Waals surface area contributed by atoms with Crippen molar-refractivity contribution < 1.29 is 9.90 Å². The Morgan fingerprint density at radius 1 is 1.60 bits per heavy atom. The van der Waals surface area contributed by atoms with E-state index in [0.717, 1.165) is 23.5 Å². The molecule has 1 aromatic rings. The monoisotopic (exact) mass is 226 g/mol. The van der Waals surface area contributed by atoms with Gasteiger partial charge in [0.25, 0.3) is 0 Å². The lowest BCUT2D eigenvalue weighted by Crippen LogP contribution is -2.36. The number of carbonyl (C=O) groups is 1. The lowest BCUT2D eigenvalue weighted by atomic mass is 9.98. The van der Waals surface area contributed by atoms with Gasteiger partial charge in [-0.05, 0) is 19.8 Å². The van der Waals surface area contributed by atoms with E-state index < -0.39 is 6.09 Å². The van der Waals surface area contributed by atoms with Crippen LogP contribution in [0.1, 0.15) is 29.5 Å². The summed E-state index contributed by atoms with van der Waals surface area (Å²) in [6, 6.07) is 0. The Morgan fingerprint density at radius 2 is 2.27 bits per heavy atom. The van der Waals surface area contributed by atoms with Crippen LogP contribution >= 0.6 is 11.3 Å². The van der Waals surface area contributed by atoms with Crippen molar-refractivity contribution in [2.75, 3.05) is 13.1 Å². The van der Waals surface area contributed by atoms with Crippen LogP contribution in [0.2, 0.25) is 0 Å². The molecule has 0 atom stereocenters. The van der Waals surface area contributed by atoms with Gasteiger partial charge in [-0.25, -0.2) is 9.78 Å². The van der Waals surface area contributed by atoms with Crippen LogP contribution < -0.4 is 0 Å². The highest BCUT2D eigenvalue weighted by atomic mass is 32.1. The Hall–Kier alpha value is -1.10. The van der Waals surface area contributed by atoms with Crippen molar-refractivity contribution in [3.05, 3.63) is 16.1 Å². The Morgan fingerprint density at radius 3 is 2.73 bits per heavy atom. The minimum Gasteiger partial charge on any atom is -0.465 e. The maximum absolute atomic E-state index is 10.7. The molecule has 5 heteroatoms. The number of nitrogens with zero attached hydrogens (tertiary/aromatic N) is 2. The molecule has 2 rings (SSSR count). The number of aryl methyl sites for hydroxylation is 1. The third-order valence-corrected chi connectivity index (χ3v) is 3.88. The number of aromatic nitrogens is 1. The number of rotatable bonds is 1. The molecule has 1 aliphatic heterocycles. The van der Waals surface area contributed by atoms with Crippen molar-refractivity contribution in [2.24, 2.45) is 0 Å². The Labute approximate surface area is 92.6 Å². The van der Waals surface area contributed by atoms with Gasteiger partial charge in [0.2, 0.25) is 0 Å². The molecular formula is C10H14N2O2S. The van der Waals surface area contributed by atoms with Gasteiger partial charge in [0.15, 0.2) is 0 Å². The summed E-state index contributed by atoms with van der Waals surface area (Å²) >= 11 is 1.69. The molecule has 1 aliphatic rings. The first-order valence-electron chi connectivity index (χ1n) is 5.06. The third kappa shape index (κ3) is 2.28. The zero-order valence-corrected chi connectivity index (χ0v) is 9.46. The highest BCUT2D eigenvalue weighted by molar-refractivity contribution is 7.09. The van der Waals surface area contributed by atoms with Crippen LogP contribution in [0.15, 0.2) is 5.38 Å². The van der Waals surface area contributed by atoms with E-state index in [1.807, 2.05) is 6.92 Å². The topological polar surface area (TPSA) is 53.4 Å². The van der Waals surface area contributed by atoms with E-state index in [4.69, 9.17) is 5.11 Å². The van der Waals surface area contributed by atoms with Gasteiger partial charge in [0.05, 0.1) is 5.01 Å². The molecule has 0 bridgehead atoms. The number of piperidine rings is 1. The van der Waals surface area contributed by atoms with E-state index >= 15 is 0 Å². The predicted molar refractivity (Wildman–Crippen MR) is 58.4 cm³/mol. The summed E-state index contributed by atoms with van der Waals surface area (Å²) in [6.45, 7) is 3.27. The summed E-state index contributed by atoms with van der Waals surface area (Å²) in [5.74, 6) is 0.458. The number of hydrogen-bond acceptors (Lipinski definition) is 3. The van der Waals surface area contributed by atoms with Crippen LogP contribution in [0, 0.1) is 6.92 Å². The average molecular weight is 226 g/mol. The van der Waals surface area contributed by atoms with Crippen molar-refractivity contribution in [3.63, 3.8) is 0 Å². The summed E-state index contributed by atoms with van der Waals surface area (Å²) in [5, 5.41) is 12.0. The molecule has 1 saturated heterocycles. The molecule has 0 unspecified atom stereocenters. The second-order valence-electron chi connectivity index (χ2n) is 3.87. The molecule has 1 amide bonds. The van der Waals surface area contributed by atoms with E-state index in [1.54, 1.807) is 11.3 Å². The SMILES string of the molecule is Cc1csc(C2CCN(C(=O)O)CC2)n1. The van der Waals surface area contributed by atoms with Crippen LogP contribution in [0.3, 0.4) is 0 Å². The van der Waals surface area contributed by atoms with Gasteiger partial charge in [-0.1, -0.05) is 0 Å². The minimum absolute atomic E-state index is 0.458. The molecule has 1 N–H and O–H groups in total. The summed E-state index contributed by atoms with van der Waals surface area (Å²) in [5.41, 5.74) is 1.07. The fourth-order valence-corrected chi connectivity index (χ4v) is 2.85. The number of likely N-dealkylation sites (tertiary alicyclic amines) is 1. The second kappa shape index (κ2) is 4.18. The minimum atomic E-state index is -0.802. The van der Waals surface area contributed by atoms with Crippen molar-refractivity contribution >= 4 is 17.4 Å². The highest BCUT2D eigenvalue weighted by Crippen LogP contribution is 2.29. The maximum Gasteiger partial charge on any atom is 0.407 e. The normalized spacial score (nSPS) is 18.1. The van der Waals surface area contributed by atoms with Crippen LogP contribution in [-0.2, 0) is 0 Å². The summed E-state index contributed by atoms with van der Waals surface area (Å²) in [4.78, 5) is 16.7. The number of carboxylic acid groups (broad SMARTS) is 1. The molecule has 0 aliphatic carbocycles. The third-order valence-electron chi connectivity index (χ3n) is 2.75. The molecule has 82 valence electrons. The van der Waals surface area contributed by atoms with Gasteiger partial charge >= 0.3 is 6.09 Å². The molecular weight excluding hydrogens is 212 g/mol. The number of thiazole rings is 1. The molecule has 4 nitrogen and oxygen atoms in total. The first kappa shape index (κ1) is 10.4. The van der Waals surface area contributed by atoms with Crippen molar-refractivity contribution in [1.82, 2.24) is 9.88 Å². The van der Waals surface area contributed by atoms with Gasteiger partial charge < -0.3 is 10.0 Å². The highest BCUT2D eigenvalue weighted by Gasteiger charge is 2.24. The van der Waals surface area contributed by atoms with Gasteiger partial charge in [0, 0.05) is 30.1 Å². The lowest BCUT2D eigenvalue weighted by molar-refractivity contribution is 0.132. The zero-order chi connectivity index (χ0) is 10.8. The van der Waals surface area contributed by atoms with E-state index in [9.17, 15) is 4.79 Å². The molecule has 0 saturated carbocycles. The number of amides is 1. The van der Waals surface area contributed by atoms with Crippen molar-refractivity contribution in [2.45, 2.75) is 25.7 Å². The van der Waals surface area contributed by atoms with Crippen molar-refractivity contribution in [3.8, 4) is 0 Å². The fraction of sp³-hybridized carbons (Fsp3) is 0.600. The molecule has 0 aromatic carbocycles. The number of hydrogen-bond donors (Lipinski definition) is 1.